The summed E-state index contributed by atoms with van der Waals surface area (Å²) >= 11 is 0. The van der Waals surface area contributed by atoms with Gasteiger partial charge >= 0.3 is 0 Å². The molecule has 0 aromatic heterocycles. The predicted molar refractivity (Wildman–Crippen MR) is 74.1 cm³/mol. The second-order valence-electron chi connectivity index (χ2n) is 5.34. The van der Waals surface area contributed by atoms with Crippen molar-refractivity contribution in [3.8, 4) is 0 Å². The largest absolute Gasteiger partial charge is 0.324 e. The summed E-state index contributed by atoms with van der Waals surface area (Å²) in [5.74, 6) is 0. The van der Waals surface area contributed by atoms with Gasteiger partial charge in [-0.25, -0.2) is 0 Å². The monoisotopic (exact) mass is 229 g/mol. The van der Waals surface area contributed by atoms with Crippen molar-refractivity contribution in [2.24, 2.45) is 5.73 Å². The van der Waals surface area contributed by atoms with Crippen molar-refractivity contribution < 1.29 is 0 Å². The molecule has 1 unspecified atom stereocenters. The van der Waals surface area contributed by atoms with E-state index in [-0.39, 0.29) is 6.04 Å². The van der Waals surface area contributed by atoms with E-state index in [9.17, 15) is 0 Å². The molecule has 0 fully saturated rings. The van der Waals surface area contributed by atoms with Gasteiger partial charge in [-0.15, -0.1) is 0 Å². The number of nitrogens with two attached hydrogens (primary N) is 1. The lowest BCUT2D eigenvalue weighted by Crippen LogP contribution is -2.16. The molecule has 1 aromatic rings. The lowest BCUT2D eigenvalue weighted by molar-refractivity contribution is 0.654. The van der Waals surface area contributed by atoms with E-state index in [1.807, 2.05) is 0 Å². The molecule has 0 heterocycles. The van der Waals surface area contributed by atoms with Crippen LogP contribution >= 0.6 is 0 Å². The Morgan fingerprint density at radius 3 is 2.88 bits per heavy atom. The second-order valence-corrected chi connectivity index (χ2v) is 5.34. The third kappa shape index (κ3) is 3.44. The average molecular weight is 229 g/mol. The molecule has 0 saturated heterocycles. The number of hydrogen-bond donors (Lipinski definition) is 1. The molecule has 0 radical (unpaired) electrons. The number of allylic oxidation sites excluding steroid dienone is 1. The van der Waals surface area contributed by atoms with Crippen molar-refractivity contribution in [3.05, 3.63) is 46.5 Å². The zero-order valence-electron chi connectivity index (χ0n) is 11.0. The molecule has 1 atom stereocenters. The lowest BCUT2D eigenvalue weighted by Gasteiger charge is -2.10. The Kier molecular flexibility index (Phi) is 4.01. The molecular formula is C16H23N. The molecule has 2 rings (SSSR count). The van der Waals surface area contributed by atoms with Gasteiger partial charge in [0.15, 0.2) is 0 Å². The molecule has 0 saturated carbocycles. The molecule has 1 aliphatic carbocycles. The van der Waals surface area contributed by atoms with Crippen LogP contribution in [0.3, 0.4) is 0 Å². The van der Waals surface area contributed by atoms with Gasteiger partial charge in [0, 0.05) is 6.04 Å². The van der Waals surface area contributed by atoms with E-state index in [2.05, 4.69) is 38.1 Å². The Labute approximate surface area is 105 Å². The number of hydrogen-bond acceptors (Lipinski definition) is 1. The minimum absolute atomic E-state index is 0.276. The first kappa shape index (κ1) is 12.4. The summed E-state index contributed by atoms with van der Waals surface area (Å²) in [6, 6.07) is 7.00. The van der Waals surface area contributed by atoms with Crippen LogP contribution < -0.4 is 5.73 Å². The minimum atomic E-state index is 0.276. The molecule has 1 nitrogen and oxygen atoms in total. The zero-order valence-corrected chi connectivity index (χ0v) is 11.0. The van der Waals surface area contributed by atoms with Gasteiger partial charge in [0.1, 0.15) is 0 Å². The molecule has 1 aliphatic rings. The van der Waals surface area contributed by atoms with Crippen LogP contribution in [0.15, 0.2) is 29.8 Å². The summed E-state index contributed by atoms with van der Waals surface area (Å²) in [5, 5.41) is 0. The van der Waals surface area contributed by atoms with Gasteiger partial charge in [-0.1, -0.05) is 41.8 Å². The van der Waals surface area contributed by atoms with Crippen LogP contribution in [0.5, 0.6) is 0 Å². The first-order valence-corrected chi connectivity index (χ1v) is 6.66. The maximum Gasteiger partial charge on any atom is 0.0226 e. The highest BCUT2D eigenvalue weighted by Crippen LogP contribution is 2.22. The van der Waals surface area contributed by atoms with Crippen LogP contribution in [0.25, 0.3) is 0 Å². The Bertz CT molecular complexity index is 418. The Morgan fingerprint density at radius 2 is 2.06 bits per heavy atom. The van der Waals surface area contributed by atoms with Crippen LogP contribution in [-0.2, 0) is 6.42 Å². The van der Waals surface area contributed by atoms with E-state index in [4.69, 9.17) is 5.73 Å². The van der Waals surface area contributed by atoms with Crippen molar-refractivity contribution in [3.63, 3.8) is 0 Å². The molecule has 1 aromatic carbocycles. The van der Waals surface area contributed by atoms with Crippen LogP contribution in [0.2, 0.25) is 0 Å². The third-order valence-corrected chi connectivity index (χ3v) is 3.66. The molecule has 2 N–H and O–H groups in total. The van der Waals surface area contributed by atoms with Crippen LogP contribution in [0.1, 0.15) is 42.4 Å². The van der Waals surface area contributed by atoms with Crippen molar-refractivity contribution in [1.82, 2.24) is 0 Å². The summed E-state index contributed by atoms with van der Waals surface area (Å²) < 4.78 is 0. The van der Waals surface area contributed by atoms with Crippen molar-refractivity contribution in [2.45, 2.75) is 52.0 Å². The minimum Gasteiger partial charge on any atom is -0.324 e. The molecule has 1 heteroatoms. The number of aryl methyl sites for hydroxylation is 2. The smallest absolute Gasteiger partial charge is 0.0226 e. The molecule has 92 valence electrons. The molecule has 0 bridgehead atoms. The lowest BCUT2D eigenvalue weighted by atomic mass is 9.96. The second kappa shape index (κ2) is 5.50. The zero-order chi connectivity index (χ0) is 12.3. The first-order chi connectivity index (χ1) is 8.15. The standard InChI is InChI=1S/C16H23N/c1-12-7-8-13(2)15(9-12)10-14-5-3-4-6-16(17)11-14/h7-9,11,16H,3-6,10,17H2,1-2H3. The first-order valence-electron chi connectivity index (χ1n) is 6.66. The quantitative estimate of drug-likeness (QED) is 0.769. The fourth-order valence-corrected chi connectivity index (χ4v) is 2.58. The summed E-state index contributed by atoms with van der Waals surface area (Å²) in [5.41, 5.74) is 11.8. The molecule has 0 aliphatic heterocycles. The summed E-state index contributed by atoms with van der Waals surface area (Å²) in [4.78, 5) is 0. The van der Waals surface area contributed by atoms with E-state index in [0.717, 1.165) is 12.8 Å². The third-order valence-electron chi connectivity index (χ3n) is 3.66. The molecule has 0 spiro atoms. The Hall–Kier alpha value is -1.08. The normalized spacial score (nSPS) is 20.9. The van der Waals surface area contributed by atoms with Gasteiger partial charge in [-0.2, -0.15) is 0 Å². The summed E-state index contributed by atoms with van der Waals surface area (Å²) in [6.07, 6.45) is 8.33. The fourth-order valence-electron chi connectivity index (χ4n) is 2.58. The molecular weight excluding hydrogens is 206 g/mol. The van der Waals surface area contributed by atoms with E-state index in [1.165, 1.54) is 41.5 Å². The van der Waals surface area contributed by atoms with Crippen molar-refractivity contribution in [2.75, 3.05) is 0 Å². The predicted octanol–water partition coefficient (Wildman–Crippen LogP) is 3.67. The van der Waals surface area contributed by atoms with Gasteiger partial charge in [0.05, 0.1) is 0 Å². The maximum absolute atomic E-state index is 6.07. The highest BCUT2D eigenvalue weighted by molar-refractivity contribution is 5.34. The number of rotatable bonds is 2. The topological polar surface area (TPSA) is 26.0 Å². The average Bonchev–Trinajstić information content (AvgIpc) is 2.48. The van der Waals surface area contributed by atoms with Crippen LogP contribution in [-0.4, -0.2) is 6.04 Å². The fraction of sp³-hybridized carbons (Fsp3) is 0.500. The van der Waals surface area contributed by atoms with E-state index < -0.39 is 0 Å². The van der Waals surface area contributed by atoms with Crippen molar-refractivity contribution in [1.29, 1.82) is 0 Å². The van der Waals surface area contributed by atoms with Gasteiger partial charge in [-0.3, -0.25) is 0 Å². The van der Waals surface area contributed by atoms with Gasteiger partial charge in [0.2, 0.25) is 0 Å². The summed E-state index contributed by atoms with van der Waals surface area (Å²) in [6.45, 7) is 4.36. The Morgan fingerprint density at radius 1 is 1.24 bits per heavy atom. The summed E-state index contributed by atoms with van der Waals surface area (Å²) in [7, 11) is 0. The Balaban J connectivity index is 2.16. The highest BCUT2D eigenvalue weighted by atomic mass is 14.6. The maximum atomic E-state index is 6.07. The van der Waals surface area contributed by atoms with Crippen molar-refractivity contribution >= 4 is 0 Å². The van der Waals surface area contributed by atoms with E-state index >= 15 is 0 Å². The van der Waals surface area contributed by atoms with E-state index in [1.54, 1.807) is 0 Å². The van der Waals surface area contributed by atoms with Gasteiger partial charge < -0.3 is 5.73 Å². The van der Waals surface area contributed by atoms with E-state index in [0.29, 0.717) is 0 Å². The molecule has 0 amide bonds. The van der Waals surface area contributed by atoms with Crippen LogP contribution in [0, 0.1) is 13.8 Å². The molecule has 17 heavy (non-hydrogen) atoms. The SMILES string of the molecule is Cc1ccc(C)c(CC2=CC(N)CCCC2)c1. The van der Waals surface area contributed by atoms with Gasteiger partial charge in [0.25, 0.3) is 0 Å². The van der Waals surface area contributed by atoms with Gasteiger partial charge in [-0.05, 0) is 50.7 Å². The number of benzene rings is 1. The highest BCUT2D eigenvalue weighted by Gasteiger charge is 2.10. The van der Waals surface area contributed by atoms with Crippen LogP contribution in [0.4, 0.5) is 0 Å².